The molecule has 0 aliphatic heterocycles. The van der Waals surface area contributed by atoms with Gasteiger partial charge in [0.1, 0.15) is 5.00 Å². The zero-order valence-electron chi connectivity index (χ0n) is 24.0. The molecule has 220 valence electrons. The van der Waals surface area contributed by atoms with Gasteiger partial charge in [-0.3, -0.25) is 9.36 Å². The average molecular weight is 612 g/mol. The Morgan fingerprint density at radius 1 is 0.977 bits per heavy atom. The first-order valence-corrected chi connectivity index (χ1v) is 16.4. The van der Waals surface area contributed by atoms with Gasteiger partial charge in [0.25, 0.3) is 0 Å². The average Bonchev–Trinajstić information content (AvgIpc) is 3.61. The Morgan fingerprint density at radius 2 is 1.77 bits per heavy atom. The van der Waals surface area contributed by atoms with Gasteiger partial charge in [0.05, 0.1) is 18.7 Å². The lowest BCUT2D eigenvalue weighted by molar-refractivity contribution is -0.115. The first-order valence-electron chi connectivity index (χ1n) is 14.6. The third-order valence-corrected chi connectivity index (χ3v) is 9.54. The molecule has 6 rings (SSSR count). The first kappa shape index (κ1) is 28.9. The van der Waals surface area contributed by atoms with Crippen LogP contribution in [0.2, 0.25) is 0 Å². The molecule has 10 heteroatoms. The van der Waals surface area contributed by atoms with Crippen molar-refractivity contribution in [1.82, 2.24) is 14.8 Å². The highest BCUT2D eigenvalue weighted by molar-refractivity contribution is 7.99. The summed E-state index contributed by atoms with van der Waals surface area (Å²) in [5.74, 6) is 0.787. The van der Waals surface area contributed by atoms with E-state index in [1.54, 1.807) is 6.92 Å². The van der Waals surface area contributed by atoms with Crippen LogP contribution in [0.1, 0.15) is 52.8 Å². The Balaban J connectivity index is 1.15. The van der Waals surface area contributed by atoms with Gasteiger partial charge in [-0.1, -0.05) is 66.4 Å². The summed E-state index contributed by atoms with van der Waals surface area (Å²) in [6.07, 6.45) is 4.19. The van der Waals surface area contributed by atoms with Crippen molar-refractivity contribution in [3.8, 4) is 5.69 Å². The Labute approximate surface area is 258 Å². The van der Waals surface area contributed by atoms with Crippen molar-refractivity contribution < 1.29 is 14.3 Å². The Kier molecular flexibility index (Phi) is 9.04. The van der Waals surface area contributed by atoms with E-state index in [9.17, 15) is 9.59 Å². The molecule has 8 nitrogen and oxygen atoms in total. The van der Waals surface area contributed by atoms with Gasteiger partial charge >= 0.3 is 5.97 Å². The predicted octanol–water partition coefficient (Wildman–Crippen LogP) is 7.27. The molecule has 0 bridgehead atoms. The molecule has 0 saturated heterocycles. The van der Waals surface area contributed by atoms with Gasteiger partial charge in [0.2, 0.25) is 5.91 Å². The number of aryl methyl sites for hydroxylation is 1. The number of esters is 1. The SMILES string of the molecule is CCOC(=O)c1c(NC(=O)CCSc2nnc(CNc3cccc4ccccc34)n2-c2ccccc2)sc2c1CCCC2. The summed E-state index contributed by atoms with van der Waals surface area (Å²) < 4.78 is 7.36. The lowest BCUT2D eigenvalue weighted by Gasteiger charge is -2.13. The third-order valence-electron chi connectivity index (χ3n) is 7.41. The number of thioether (sulfide) groups is 1. The third kappa shape index (κ3) is 6.45. The molecule has 3 aromatic carbocycles. The number of rotatable bonds is 11. The molecule has 0 spiro atoms. The van der Waals surface area contributed by atoms with Crippen LogP contribution in [0.25, 0.3) is 16.5 Å². The lowest BCUT2D eigenvalue weighted by atomic mass is 9.95. The number of hydrogen-bond acceptors (Lipinski definition) is 8. The lowest BCUT2D eigenvalue weighted by Crippen LogP contribution is -2.16. The van der Waals surface area contributed by atoms with Crippen LogP contribution in [0.15, 0.2) is 78.0 Å². The van der Waals surface area contributed by atoms with E-state index < -0.39 is 0 Å². The predicted molar refractivity (Wildman–Crippen MR) is 174 cm³/mol. The van der Waals surface area contributed by atoms with E-state index in [4.69, 9.17) is 4.74 Å². The van der Waals surface area contributed by atoms with Crippen LogP contribution in [0, 0.1) is 0 Å². The normalized spacial score (nSPS) is 12.6. The number of fused-ring (bicyclic) bond motifs is 2. The van der Waals surface area contributed by atoms with Gasteiger partial charge in [-0.2, -0.15) is 0 Å². The number of para-hydroxylation sites is 1. The molecule has 1 aliphatic carbocycles. The highest BCUT2D eigenvalue weighted by Gasteiger charge is 2.27. The zero-order valence-corrected chi connectivity index (χ0v) is 25.6. The van der Waals surface area contributed by atoms with Crippen LogP contribution in [0.4, 0.5) is 10.7 Å². The van der Waals surface area contributed by atoms with Crippen LogP contribution < -0.4 is 10.6 Å². The van der Waals surface area contributed by atoms with Gasteiger partial charge in [-0.15, -0.1) is 21.5 Å². The fourth-order valence-electron chi connectivity index (χ4n) is 5.40. The highest BCUT2D eigenvalue weighted by atomic mass is 32.2. The van der Waals surface area contributed by atoms with Gasteiger partial charge in [0, 0.05) is 33.8 Å². The van der Waals surface area contributed by atoms with E-state index in [-0.39, 0.29) is 18.3 Å². The summed E-state index contributed by atoms with van der Waals surface area (Å²) in [5.41, 5.74) is 3.57. The zero-order chi connectivity index (χ0) is 29.6. The monoisotopic (exact) mass is 611 g/mol. The highest BCUT2D eigenvalue weighted by Crippen LogP contribution is 2.39. The van der Waals surface area contributed by atoms with E-state index in [0.29, 0.717) is 34.6 Å². The summed E-state index contributed by atoms with van der Waals surface area (Å²) in [7, 11) is 0. The number of aromatic nitrogens is 3. The summed E-state index contributed by atoms with van der Waals surface area (Å²) in [4.78, 5) is 27.0. The molecule has 0 unspecified atom stereocenters. The van der Waals surface area contributed by atoms with Gasteiger partial charge in [-0.25, -0.2) is 4.79 Å². The number of benzene rings is 3. The number of carbonyl (C=O) groups is 2. The van der Waals surface area contributed by atoms with Crippen molar-refractivity contribution in [3.63, 3.8) is 0 Å². The largest absolute Gasteiger partial charge is 0.462 e. The maximum Gasteiger partial charge on any atom is 0.341 e. The van der Waals surface area contributed by atoms with Crippen molar-refractivity contribution >= 4 is 56.4 Å². The number of hydrogen-bond donors (Lipinski definition) is 2. The second-order valence-corrected chi connectivity index (χ2v) is 12.4. The van der Waals surface area contributed by atoms with E-state index in [2.05, 4.69) is 45.1 Å². The molecule has 43 heavy (non-hydrogen) atoms. The summed E-state index contributed by atoms with van der Waals surface area (Å²) in [6.45, 7) is 2.58. The van der Waals surface area contributed by atoms with Crippen molar-refractivity contribution in [2.45, 2.75) is 50.7 Å². The molecule has 0 radical (unpaired) electrons. The topological polar surface area (TPSA) is 98.1 Å². The quantitative estimate of drug-likeness (QED) is 0.120. The summed E-state index contributed by atoms with van der Waals surface area (Å²) in [6, 6.07) is 24.5. The molecule has 2 heterocycles. The number of ether oxygens (including phenoxy) is 1. The van der Waals surface area contributed by atoms with Crippen LogP contribution in [0.3, 0.4) is 0 Å². The van der Waals surface area contributed by atoms with Crippen LogP contribution in [0.5, 0.6) is 0 Å². The minimum absolute atomic E-state index is 0.139. The number of nitrogens with zero attached hydrogens (tertiary/aromatic N) is 3. The second-order valence-electron chi connectivity index (χ2n) is 10.2. The number of anilines is 2. The van der Waals surface area contributed by atoms with Crippen LogP contribution in [-0.2, 0) is 28.9 Å². The minimum Gasteiger partial charge on any atom is -0.462 e. The van der Waals surface area contributed by atoms with Crippen LogP contribution in [-0.4, -0.2) is 39.0 Å². The van der Waals surface area contributed by atoms with Crippen molar-refractivity contribution in [3.05, 3.63) is 94.6 Å². The molecule has 5 aromatic rings. The standard InChI is InChI=1S/C33H33N5O3S2/c1-2-41-32(40)30-25-16-8-9-18-27(25)43-31(30)35-29(39)19-20-42-33-37-36-28(38(33)23-13-4-3-5-14-23)21-34-26-17-10-12-22-11-6-7-15-24(22)26/h3-7,10-15,17,34H,2,8-9,16,18-21H2,1H3,(H,35,39). The van der Waals surface area contributed by atoms with Crippen LogP contribution >= 0.6 is 23.1 Å². The number of carbonyl (C=O) groups excluding carboxylic acids is 2. The maximum absolute atomic E-state index is 13.1. The minimum atomic E-state index is -0.354. The van der Waals surface area contributed by atoms with Gasteiger partial charge in [0.15, 0.2) is 11.0 Å². The Morgan fingerprint density at radius 3 is 2.63 bits per heavy atom. The Bertz CT molecular complexity index is 1740. The molecule has 1 amide bonds. The molecule has 0 atom stereocenters. The molecular weight excluding hydrogens is 579 g/mol. The van der Waals surface area contributed by atoms with E-state index in [1.165, 1.54) is 33.4 Å². The van der Waals surface area contributed by atoms with Crippen molar-refractivity contribution in [2.75, 3.05) is 23.0 Å². The number of amides is 1. The molecule has 0 saturated carbocycles. The number of thiophene rings is 1. The maximum atomic E-state index is 13.1. The van der Waals surface area contributed by atoms with E-state index >= 15 is 0 Å². The summed E-state index contributed by atoms with van der Waals surface area (Å²) >= 11 is 2.99. The molecular formula is C33H33N5O3S2. The fourth-order valence-corrected chi connectivity index (χ4v) is 7.60. The second kappa shape index (κ2) is 13.4. The van der Waals surface area contributed by atoms with E-state index in [0.717, 1.165) is 53.8 Å². The Hall–Kier alpha value is -4.15. The molecule has 2 aromatic heterocycles. The van der Waals surface area contributed by atoms with Gasteiger partial charge < -0.3 is 15.4 Å². The number of nitrogens with one attached hydrogen (secondary N) is 2. The fraction of sp³-hybridized carbons (Fsp3) is 0.273. The smallest absolute Gasteiger partial charge is 0.341 e. The van der Waals surface area contributed by atoms with Gasteiger partial charge in [-0.05, 0) is 61.8 Å². The molecule has 2 N–H and O–H groups in total. The molecule has 0 fully saturated rings. The molecule has 1 aliphatic rings. The van der Waals surface area contributed by atoms with E-state index in [1.807, 2.05) is 53.1 Å². The first-order chi connectivity index (χ1) is 21.1. The van der Waals surface area contributed by atoms with Crippen molar-refractivity contribution in [2.24, 2.45) is 0 Å². The summed E-state index contributed by atoms with van der Waals surface area (Å²) in [5, 5.41) is 19.2. The van der Waals surface area contributed by atoms with Crippen molar-refractivity contribution in [1.29, 1.82) is 0 Å².